The molecule has 2 aromatic rings. The fourth-order valence-electron chi connectivity index (χ4n) is 1.80. The Kier molecular flexibility index (Phi) is 5.17. The van der Waals surface area contributed by atoms with Crippen molar-refractivity contribution >= 4 is 28.6 Å². The van der Waals surface area contributed by atoms with Crippen molar-refractivity contribution in [3.05, 3.63) is 27.6 Å². The van der Waals surface area contributed by atoms with Crippen LogP contribution in [0, 0.1) is 9.39 Å². The number of carboxylic acid groups (broad SMARTS) is 1. The largest absolute Gasteiger partial charge is 0.481 e. The summed E-state index contributed by atoms with van der Waals surface area (Å²) >= 11 is 1.99. The van der Waals surface area contributed by atoms with Crippen LogP contribution in [-0.4, -0.2) is 44.5 Å². The lowest BCUT2D eigenvalue weighted by Gasteiger charge is -2.14. The molecule has 1 unspecified atom stereocenters. The summed E-state index contributed by atoms with van der Waals surface area (Å²) < 4.78 is 20.4. The second-order valence-corrected chi connectivity index (χ2v) is 5.43. The third-order valence-corrected chi connectivity index (χ3v) is 3.71. The fraction of sp³-hybridized carbons (Fsp3) is 0.333. The number of carboxylic acids is 1. The van der Waals surface area contributed by atoms with Gasteiger partial charge in [0.05, 0.1) is 19.1 Å². The van der Waals surface area contributed by atoms with E-state index in [1.807, 2.05) is 22.6 Å². The van der Waals surface area contributed by atoms with E-state index in [1.165, 1.54) is 23.9 Å². The van der Waals surface area contributed by atoms with Gasteiger partial charge in [-0.15, -0.1) is 5.10 Å². The Morgan fingerprint density at radius 2 is 2.33 bits per heavy atom. The van der Waals surface area contributed by atoms with Crippen LogP contribution in [0.3, 0.4) is 0 Å². The number of hydrogen-bond acceptors (Lipinski definition) is 5. The number of carbonyl (C=O) groups is 1. The average Bonchev–Trinajstić information content (AvgIpc) is 2.85. The molecule has 0 saturated carbocycles. The monoisotopic (exact) mass is 406 g/mol. The summed E-state index contributed by atoms with van der Waals surface area (Å²) in [6.07, 6.45) is -0.709. The minimum Gasteiger partial charge on any atom is -0.481 e. The first kappa shape index (κ1) is 15.8. The average molecular weight is 406 g/mol. The lowest BCUT2D eigenvalue weighted by molar-refractivity contribution is -0.140. The number of aliphatic carboxylic acids is 1. The van der Waals surface area contributed by atoms with Gasteiger partial charge in [-0.3, -0.25) is 4.79 Å². The number of rotatable bonds is 6. The molecule has 2 rings (SSSR count). The highest BCUT2D eigenvalue weighted by Crippen LogP contribution is 2.24. The van der Waals surface area contributed by atoms with Crippen molar-refractivity contribution in [1.29, 1.82) is 0 Å². The highest BCUT2D eigenvalue weighted by atomic mass is 127. The van der Waals surface area contributed by atoms with E-state index < -0.39 is 12.1 Å². The predicted octanol–water partition coefficient (Wildman–Crippen LogP) is 1.57. The van der Waals surface area contributed by atoms with Gasteiger partial charge in [0.1, 0.15) is 5.82 Å². The summed E-state index contributed by atoms with van der Waals surface area (Å²) in [4.78, 5) is 10.8. The van der Waals surface area contributed by atoms with E-state index in [9.17, 15) is 9.18 Å². The Bertz CT molecular complexity index is 649. The molecule has 1 aromatic carbocycles. The van der Waals surface area contributed by atoms with Gasteiger partial charge in [-0.1, -0.05) is 0 Å². The molecule has 0 amide bonds. The maximum absolute atomic E-state index is 13.1. The number of aromatic nitrogens is 4. The zero-order chi connectivity index (χ0) is 15.4. The van der Waals surface area contributed by atoms with Gasteiger partial charge in [0.2, 0.25) is 0 Å². The second kappa shape index (κ2) is 6.89. The molecule has 0 aliphatic carbocycles. The molecule has 7 nitrogen and oxygen atoms in total. The Hall–Kier alpha value is -1.62. The van der Waals surface area contributed by atoms with Gasteiger partial charge in [-0.05, 0) is 51.2 Å². The number of tetrazole rings is 1. The topological polar surface area (TPSA) is 90.1 Å². The van der Waals surface area contributed by atoms with Crippen LogP contribution in [0.4, 0.5) is 4.39 Å². The van der Waals surface area contributed by atoms with E-state index in [4.69, 9.17) is 9.84 Å². The van der Waals surface area contributed by atoms with Crippen molar-refractivity contribution in [3.63, 3.8) is 0 Å². The summed E-state index contributed by atoms with van der Waals surface area (Å²) in [5.74, 6) is -0.873. The summed E-state index contributed by atoms with van der Waals surface area (Å²) in [6.45, 7) is 0.193. The molecular weight excluding hydrogens is 394 g/mol. The quantitative estimate of drug-likeness (QED) is 0.733. The number of halogens is 2. The fourth-order valence-corrected chi connectivity index (χ4v) is 2.52. The van der Waals surface area contributed by atoms with E-state index in [0.29, 0.717) is 15.0 Å². The molecule has 21 heavy (non-hydrogen) atoms. The van der Waals surface area contributed by atoms with Crippen molar-refractivity contribution in [2.24, 2.45) is 0 Å². The maximum atomic E-state index is 13.1. The van der Waals surface area contributed by atoms with Gasteiger partial charge < -0.3 is 9.84 Å². The van der Waals surface area contributed by atoms with Gasteiger partial charge in [-0.25, -0.2) is 9.07 Å². The summed E-state index contributed by atoms with van der Waals surface area (Å²) in [7, 11) is 1.43. The molecule has 0 spiro atoms. The Morgan fingerprint density at radius 3 is 2.95 bits per heavy atom. The number of nitrogens with zero attached hydrogens (tertiary/aromatic N) is 4. The van der Waals surface area contributed by atoms with Crippen LogP contribution in [0.5, 0.6) is 0 Å². The predicted molar refractivity (Wildman–Crippen MR) is 79.0 cm³/mol. The normalized spacial score (nSPS) is 12.3. The van der Waals surface area contributed by atoms with Crippen LogP contribution in [-0.2, 0) is 16.1 Å². The van der Waals surface area contributed by atoms with Gasteiger partial charge >= 0.3 is 5.97 Å². The van der Waals surface area contributed by atoms with Gasteiger partial charge in [-0.2, -0.15) is 0 Å². The second-order valence-electron chi connectivity index (χ2n) is 4.26. The third kappa shape index (κ3) is 3.94. The zero-order valence-corrected chi connectivity index (χ0v) is 13.2. The van der Waals surface area contributed by atoms with Gasteiger partial charge in [0.15, 0.2) is 5.82 Å². The van der Waals surface area contributed by atoms with E-state index in [1.54, 1.807) is 6.07 Å². The SMILES string of the molecule is COC(CC(=O)O)Cn1nnnc1-c1ccc(F)cc1I. The van der Waals surface area contributed by atoms with Crippen LogP contribution in [0.1, 0.15) is 6.42 Å². The van der Waals surface area contributed by atoms with Crippen LogP contribution >= 0.6 is 22.6 Å². The number of ether oxygens (including phenoxy) is 1. The summed E-state index contributed by atoms with van der Waals surface area (Å²) in [6, 6.07) is 4.28. The first-order valence-corrected chi connectivity index (χ1v) is 7.05. The number of benzene rings is 1. The van der Waals surface area contributed by atoms with Crippen LogP contribution in [0.15, 0.2) is 18.2 Å². The third-order valence-electron chi connectivity index (χ3n) is 2.82. The van der Waals surface area contributed by atoms with Gasteiger partial charge in [0, 0.05) is 16.2 Å². The molecule has 0 aliphatic heterocycles. The Morgan fingerprint density at radius 1 is 1.57 bits per heavy atom. The van der Waals surface area contributed by atoms with E-state index in [-0.39, 0.29) is 18.8 Å². The van der Waals surface area contributed by atoms with Crippen molar-refractivity contribution < 1.29 is 19.0 Å². The van der Waals surface area contributed by atoms with Crippen LogP contribution in [0.25, 0.3) is 11.4 Å². The standard InChI is InChI=1S/C12H12FIN4O3/c1-21-8(5-11(19)20)6-18-12(15-16-17-18)9-3-2-7(13)4-10(9)14/h2-4,8H,5-6H2,1H3,(H,19,20). The molecular formula is C12H12FIN4O3. The van der Waals surface area contributed by atoms with Crippen LogP contribution in [0.2, 0.25) is 0 Å². The first-order chi connectivity index (χ1) is 10.0. The molecule has 0 saturated heterocycles. The van der Waals surface area contributed by atoms with E-state index >= 15 is 0 Å². The first-order valence-electron chi connectivity index (χ1n) is 5.97. The molecule has 0 aliphatic rings. The van der Waals surface area contributed by atoms with E-state index in [0.717, 1.165) is 0 Å². The van der Waals surface area contributed by atoms with Crippen molar-refractivity contribution in [2.45, 2.75) is 19.1 Å². The van der Waals surface area contributed by atoms with Crippen LogP contribution < -0.4 is 0 Å². The Balaban J connectivity index is 2.27. The number of methoxy groups -OCH3 is 1. The maximum Gasteiger partial charge on any atom is 0.306 e. The molecule has 1 N–H and O–H groups in total. The summed E-state index contributed by atoms with van der Waals surface area (Å²) in [5, 5.41) is 20.2. The smallest absolute Gasteiger partial charge is 0.306 e. The molecule has 0 bridgehead atoms. The lowest BCUT2D eigenvalue weighted by atomic mass is 10.2. The minimum absolute atomic E-state index is 0.156. The minimum atomic E-state index is -0.965. The van der Waals surface area contributed by atoms with Crippen molar-refractivity contribution in [1.82, 2.24) is 20.2 Å². The molecule has 0 fully saturated rings. The molecule has 0 radical (unpaired) electrons. The molecule has 1 heterocycles. The molecule has 1 aromatic heterocycles. The Labute approximate surface area is 133 Å². The van der Waals surface area contributed by atoms with E-state index in [2.05, 4.69) is 15.5 Å². The van der Waals surface area contributed by atoms with Crippen molar-refractivity contribution in [2.75, 3.05) is 7.11 Å². The zero-order valence-electron chi connectivity index (χ0n) is 11.0. The summed E-state index contributed by atoms with van der Waals surface area (Å²) in [5.41, 5.74) is 0.673. The van der Waals surface area contributed by atoms with Gasteiger partial charge in [0.25, 0.3) is 0 Å². The molecule has 9 heteroatoms. The number of hydrogen-bond donors (Lipinski definition) is 1. The highest BCUT2D eigenvalue weighted by molar-refractivity contribution is 14.1. The molecule has 112 valence electrons. The molecule has 1 atom stereocenters. The highest BCUT2D eigenvalue weighted by Gasteiger charge is 2.18. The van der Waals surface area contributed by atoms with Crippen molar-refractivity contribution in [3.8, 4) is 11.4 Å². The lowest BCUT2D eigenvalue weighted by Crippen LogP contribution is -2.23.